The Hall–Kier alpha value is -0.480. The van der Waals surface area contributed by atoms with E-state index in [0.29, 0.717) is 6.61 Å². The average Bonchev–Trinajstić information content (AvgIpc) is 2.44. The molecule has 2 atom stereocenters. The Balaban J connectivity index is 0.00000128. The van der Waals surface area contributed by atoms with Gasteiger partial charge in [0, 0.05) is 12.6 Å². The van der Waals surface area contributed by atoms with E-state index in [1.54, 1.807) is 0 Å². The third kappa shape index (κ3) is 3.01. The van der Waals surface area contributed by atoms with Gasteiger partial charge in [-0.15, -0.1) is 12.4 Å². The molecule has 1 amide bonds. The van der Waals surface area contributed by atoms with E-state index in [2.05, 4.69) is 0 Å². The fraction of sp³-hybridized carbons (Fsp3) is 0.909. The first-order valence-corrected chi connectivity index (χ1v) is 5.98. The lowest BCUT2D eigenvalue weighted by molar-refractivity contribution is 0.0855. The summed E-state index contributed by atoms with van der Waals surface area (Å²) in [6, 6.07) is 0.355. The van der Waals surface area contributed by atoms with Crippen molar-refractivity contribution < 1.29 is 9.53 Å². The summed E-state index contributed by atoms with van der Waals surface area (Å²) >= 11 is 0. The minimum atomic E-state index is -0.158. The summed E-state index contributed by atoms with van der Waals surface area (Å²) < 4.78 is 5.15. The van der Waals surface area contributed by atoms with Crippen LogP contribution in [0, 0.1) is 0 Å². The van der Waals surface area contributed by atoms with Crippen LogP contribution in [0.4, 0.5) is 4.79 Å². The van der Waals surface area contributed by atoms with Crippen LogP contribution in [0.15, 0.2) is 0 Å². The molecule has 1 heterocycles. The zero-order valence-electron chi connectivity index (χ0n) is 9.56. The first-order valence-electron chi connectivity index (χ1n) is 5.98. The Morgan fingerprint density at radius 1 is 1.19 bits per heavy atom. The molecular formula is C11H21ClN2O2. The Kier molecular flexibility index (Phi) is 5.35. The van der Waals surface area contributed by atoms with Gasteiger partial charge in [-0.05, 0) is 25.7 Å². The molecule has 16 heavy (non-hydrogen) atoms. The van der Waals surface area contributed by atoms with Crippen molar-refractivity contribution in [3.8, 4) is 0 Å². The number of nitrogens with two attached hydrogens (primary N) is 1. The number of hydrogen-bond acceptors (Lipinski definition) is 3. The van der Waals surface area contributed by atoms with Crippen LogP contribution < -0.4 is 5.73 Å². The number of ether oxygens (including phenoxy) is 1. The van der Waals surface area contributed by atoms with Gasteiger partial charge in [-0.1, -0.05) is 12.8 Å². The molecule has 1 aliphatic heterocycles. The number of hydrogen-bond donors (Lipinski definition) is 1. The minimum Gasteiger partial charge on any atom is -0.449 e. The zero-order valence-corrected chi connectivity index (χ0v) is 10.4. The zero-order chi connectivity index (χ0) is 10.7. The van der Waals surface area contributed by atoms with E-state index in [0.717, 1.165) is 32.2 Å². The van der Waals surface area contributed by atoms with Crippen molar-refractivity contribution in [1.82, 2.24) is 4.90 Å². The van der Waals surface area contributed by atoms with Crippen LogP contribution >= 0.6 is 12.4 Å². The van der Waals surface area contributed by atoms with Crippen molar-refractivity contribution in [1.29, 1.82) is 0 Å². The van der Waals surface area contributed by atoms with Gasteiger partial charge in [-0.2, -0.15) is 0 Å². The fourth-order valence-electron chi connectivity index (χ4n) is 2.55. The van der Waals surface area contributed by atoms with E-state index in [9.17, 15) is 4.79 Å². The highest BCUT2D eigenvalue weighted by atomic mass is 35.5. The molecule has 2 aliphatic rings. The Labute approximate surface area is 103 Å². The predicted octanol–water partition coefficient (Wildman–Crippen LogP) is 1.91. The van der Waals surface area contributed by atoms with Crippen molar-refractivity contribution in [3.05, 3.63) is 0 Å². The SMILES string of the molecule is Cl.N[C@@H]1CCCC[C@H]1N1CCCCOC1=O. The number of halogens is 1. The van der Waals surface area contributed by atoms with Crippen LogP contribution in [-0.4, -0.2) is 36.2 Å². The molecule has 0 unspecified atom stereocenters. The lowest BCUT2D eigenvalue weighted by Crippen LogP contribution is -2.51. The third-order valence-corrected chi connectivity index (χ3v) is 3.44. The summed E-state index contributed by atoms with van der Waals surface area (Å²) in [6.45, 7) is 1.38. The van der Waals surface area contributed by atoms with Crippen molar-refractivity contribution in [2.75, 3.05) is 13.2 Å². The van der Waals surface area contributed by atoms with Gasteiger partial charge in [-0.25, -0.2) is 4.79 Å². The molecule has 0 aromatic heterocycles. The lowest BCUT2D eigenvalue weighted by atomic mass is 9.90. The van der Waals surface area contributed by atoms with Crippen LogP contribution in [0.1, 0.15) is 38.5 Å². The second-order valence-corrected chi connectivity index (χ2v) is 4.53. The largest absolute Gasteiger partial charge is 0.449 e. The fourth-order valence-corrected chi connectivity index (χ4v) is 2.55. The quantitative estimate of drug-likeness (QED) is 0.771. The minimum absolute atomic E-state index is 0. The van der Waals surface area contributed by atoms with Gasteiger partial charge in [0.25, 0.3) is 0 Å². The molecule has 0 radical (unpaired) electrons. The van der Waals surface area contributed by atoms with Gasteiger partial charge in [0.1, 0.15) is 0 Å². The first-order chi connectivity index (χ1) is 7.29. The van der Waals surface area contributed by atoms with Crippen molar-refractivity contribution in [2.45, 2.75) is 50.6 Å². The van der Waals surface area contributed by atoms with Gasteiger partial charge in [0.05, 0.1) is 12.6 Å². The van der Waals surface area contributed by atoms with E-state index >= 15 is 0 Å². The predicted molar refractivity (Wildman–Crippen MR) is 64.8 cm³/mol. The van der Waals surface area contributed by atoms with Crippen LogP contribution in [0.25, 0.3) is 0 Å². The summed E-state index contributed by atoms with van der Waals surface area (Å²) in [5.74, 6) is 0. The molecule has 1 saturated heterocycles. The Morgan fingerprint density at radius 3 is 2.69 bits per heavy atom. The first kappa shape index (κ1) is 13.6. The second-order valence-electron chi connectivity index (χ2n) is 4.53. The smallest absolute Gasteiger partial charge is 0.410 e. The van der Waals surface area contributed by atoms with Gasteiger partial charge in [-0.3, -0.25) is 0 Å². The lowest BCUT2D eigenvalue weighted by Gasteiger charge is -2.36. The number of rotatable bonds is 1. The van der Waals surface area contributed by atoms with E-state index in [4.69, 9.17) is 10.5 Å². The summed E-state index contributed by atoms with van der Waals surface area (Å²) in [5.41, 5.74) is 6.07. The molecule has 4 nitrogen and oxygen atoms in total. The monoisotopic (exact) mass is 248 g/mol. The maximum absolute atomic E-state index is 11.7. The highest BCUT2D eigenvalue weighted by molar-refractivity contribution is 5.85. The molecule has 0 aromatic carbocycles. The van der Waals surface area contributed by atoms with Crippen molar-refractivity contribution in [3.63, 3.8) is 0 Å². The molecule has 0 aromatic rings. The highest BCUT2D eigenvalue weighted by Gasteiger charge is 2.32. The molecule has 94 valence electrons. The molecule has 1 aliphatic carbocycles. The Morgan fingerprint density at radius 2 is 1.94 bits per heavy atom. The van der Waals surface area contributed by atoms with Gasteiger partial charge < -0.3 is 15.4 Å². The summed E-state index contributed by atoms with van der Waals surface area (Å²) in [5, 5.41) is 0. The number of amides is 1. The number of carbonyl (C=O) groups is 1. The molecule has 2 fully saturated rings. The molecule has 5 heteroatoms. The summed E-state index contributed by atoms with van der Waals surface area (Å²) in [7, 11) is 0. The standard InChI is InChI=1S/C11H20N2O2.ClH/c12-9-5-1-2-6-10(9)13-7-3-4-8-15-11(13)14;/h9-10H,1-8,12H2;1H/t9-,10-;/m1./s1. The molecular weight excluding hydrogens is 228 g/mol. The van der Waals surface area contributed by atoms with Crippen LogP contribution in [0.3, 0.4) is 0 Å². The molecule has 0 spiro atoms. The summed E-state index contributed by atoms with van der Waals surface area (Å²) in [4.78, 5) is 13.6. The maximum Gasteiger partial charge on any atom is 0.410 e. The molecule has 2 rings (SSSR count). The van der Waals surface area contributed by atoms with Crippen LogP contribution in [0.2, 0.25) is 0 Å². The second kappa shape index (κ2) is 6.30. The van der Waals surface area contributed by atoms with E-state index in [1.165, 1.54) is 12.8 Å². The number of cyclic esters (lactones) is 1. The molecule has 2 N–H and O–H groups in total. The van der Waals surface area contributed by atoms with Crippen LogP contribution in [0.5, 0.6) is 0 Å². The third-order valence-electron chi connectivity index (χ3n) is 3.44. The van der Waals surface area contributed by atoms with Crippen molar-refractivity contribution >= 4 is 18.5 Å². The maximum atomic E-state index is 11.7. The van der Waals surface area contributed by atoms with Gasteiger partial charge in [0.15, 0.2) is 0 Å². The van der Waals surface area contributed by atoms with Gasteiger partial charge >= 0.3 is 6.09 Å². The molecule has 0 bridgehead atoms. The van der Waals surface area contributed by atoms with Crippen molar-refractivity contribution in [2.24, 2.45) is 5.73 Å². The Bertz CT molecular complexity index is 238. The van der Waals surface area contributed by atoms with E-state index in [-0.39, 0.29) is 30.6 Å². The van der Waals surface area contributed by atoms with Crippen LogP contribution in [-0.2, 0) is 4.74 Å². The average molecular weight is 249 g/mol. The van der Waals surface area contributed by atoms with E-state index in [1.807, 2.05) is 4.90 Å². The van der Waals surface area contributed by atoms with Gasteiger partial charge in [0.2, 0.25) is 0 Å². The molecule has 1 saturated carbocycles. The highest BCUT2D eigenvalue weighted by Crippen LogP contribution is 2.23. The number of carbonyl (C=O) groups excluding carboxylic acids is 1. The van der Waals surface area contributed by atoms with E-state index < -0.39 is 0 Å². The summed E-state index contributed by atoms with van der Waals surface area (Å²) in [6.07, 6.45) is 6.31. The normalized spacial score (nSPS) is 31.3. The topological polar surface area (TPSA) is 55.6 Å². The number of nitrogens with zero attached hydrogens (tertiary/aromatic N) is 1.